The second kappa shape index (κ2) is 7.41. The van der Waals surface area contributed by atoms with E-state index in [0.717, 1.165) is 0 Å². The Morgan fingerprint density at radius 1 is 0.958 bits per heavy atom. The van der Waals surface area contributed by atoms with Gasteiger partial charge in [-0.1, -0.05) is 18.2 Å². The monoisotopic (exact) mass is 326 g/mol. The van der Waals surface area contributed by atoms with Crippen molar-refractivity contribution in [2.75, 3.05) is 11.9 Å². The van der Waals surface area contributed by atoms with Gasteiger partial charge in [0, 0.05) is 18.3 Å². The van der Waals surface area contributed by atoms with Crippen molar-refractivity contribution in [2.24, 2.45) is 5.73 Å². The standard InChI is InChI=1S/C18H18N2O4/c1-12(17(22)20(2)15-6-4-3-5-7-15)24-18(23)14-10-8-13(9-11-14)16(19)21/h3-12H,1-2H3,(H2,19,21). The number of anilines is 1. The molecule has 6 nitrogen and oxygen atoms in total. The van der Waals surface area contributed by atoms with Crippen molar-refractivity contribution in [3.05, 3.63) is 65.7 Å². The van der Waals surface area contributed by atoms with Crippen LogP contribution in [0.1, 0.15) is 27.6 Å². The number of nitrogens with zero attached hydrogens (tertiary/aromatic N) is 1. The third-order valence-corrected chi connectivity index (χ3v) is 3.51. The number of hydrogen-bond donors (Lipinski definition) is 1. The van der Waals surface area contributed by atoms with Crippen LogP contribution in [0, 0.1) is 0 Å². The van der Waals surface area contributed by atoms with Crippen LogP contribution in [0.15, 0.2) is 54.6 Å². The molecule has 1 unspecified atom stereocenters. The fourth-order valence-corrected chi connectivity index (χ4v) is 2.10. The maximum Gasteiger partial charge on any atom is 0.338 e. The average Bonchev–Trinajstić information content (AvgIpc) is 2.61. The molecule has 2 aromatic rings. The minimum Gasteiger partial charge on any atom is -0.449 e. The molecule has 6 heteroatoms. The molecule has 124 valence electrons. The van der Waals surface area contributed by atoms with E-state index in [0.29, 0.717) is 11.3 Å². The number of carbonyl (C=O) groups is 3. The van der Waals surface area contributed by atoms with Crippen LogP contribution >= 0.6 is 0 Å². The molecule has 0 aliphatic heterocycles. The van der Waals surface area contributed by atoms with Crippen molar-refractivity contribution >= 4 is 23.5 Å². The van der Waals surface area contributed by atoms with E-state index in [4.69, 9.17) is 10.5 Å². The molecule has 0 heterocycles. The quantitative estimate of drug-likeness (QED) is 0.851. The fourth-order valence-electron chi connectivity index (χ4n) is 2.10. The summed E-state index contributed by atoms with van der Waals surface area (Å²) < 4.78 is 5.19. The number of primary amides is 1. The van der Waals surface area contributed by atoms with Gasteiger partial charge in [0.2, 0.25) is 5.91 Å². The van der Waals surface area contributed by atoms with E-state index in [-0.39, 0.29) is 11.5 Å². The maximum absolute atomic E-state index is 12.3. The van der Waals surface area contributed by atoms with Gasteiger partial charge >= 0.3 is 5.97 Å². The van der Waals surface area contributed by atoms with Gasteiger partial charge in [0.1, 0.15) is 0 Å². The molecular formula is C18H18N2O4. The molecule has 1 atom stereocenters. The van der Waals surface area contributed by atoms with Crippen molar-refractivity contribution in [1.29, 1.82) is 0 Å². The zero-order valence-corrected chi connectivity index (χ0v) is 13.4. The average molecular weight is 326 g/mol. The summed E-state index contributed by atoms with van der Waals surface area (Å²) in [6.45, 7) is 1.51. The lowest BCUT2D eigenvalue weighted by Gasteiger charge is -2.21. The van der Waals surface area contributed by atoms with Gasteiger partial charge in [0.05, 0.1) is 5.56 Å². The lowest BCUT2D eigenvalue weighted by molar-refractivity contribution is -0.126. The highest BCUT2D eigenvalue weighted by molar-refractivity contribution is 5.99. The number of hydrogen-bond acceptors (Lipinski definition) is 4. The summed E-state index contributed by atoms with van der Waals surface area (Å²) in [5.74, 6) is -1.57. The summed E-state index contributed by atoms with van der Waals surface area (Å²) in [6.07, 6.45) is -0.946. The molecule has 2 amide bonds. The van der Waals surface area contributed by atoms with Crippen LogP contribution in [0.5, 0.6) is 0 Å². The molecule has 0 radical (unpaired) electrons. The minimum atomic E-state index is -0.946. The number of nitrogens with two attached hydrogens (primary N) is 1. The number of amides is 2. The van der Waals surface area contributed by atoms with E-state index >= 15 is 0 Å². The van der Waals surface area contributed by atoms with Crippen LogP contribution in [0.4, 0.5) is 5.69 Å². The first kappa shape index (κ1) is 17.2. The first-order chi connectivity index (χ1) is 11.4. The van der Waals surface area contributed by atoms with Crippen LogP contribution < -0.4 is 10.6 Å². The first-order valence-corrected chi connectivity index (χ1v) is 7.33. The van der Waals surface area contributed by atoms with Crippen LogP contribution in [-0.4, -0.2) is 30.9 Å². The number of likely N-dealkylation sites (N-methyl/N-ethyl adjacent to an activating group) is 1. The Bertz CT molecular complexity index is 741. The number of para-hydroxylation sites is 1. The van der Waals surface area contributed by atoms with Gasteiger partial charge in [-0.05, 0) is 43.3 Å². The number of benzene rings is 2. The summed E-state index contributed by atoms with van der Waals surface area (Å²) in [6, 6.07) is 14.8. The van der Waals surface area contributed by atoms with E-state index < -0.39 is 18.0 Å². The molecule has 2 aromatic carbocycles. The number of carbonyl (C=O) groups excluding carboxylic acids is 3. The molecule has 0 spiro atoms. The van der Waals surface area contributed by atoms with Gasteiger partial charge in [-0.25, -0.2) is 4.79 Å². The van der Waals surface area contributed by atoms with Crippen LogP contribution in [0.2, 0.25) is 0 Å². The third-order valence-electron chi connectivity index (χ3n) is 3.51. The molecule has 0 aromatic heterocycles. The Labute approximate surface area is 139 Å². The van der Waals surface area contributed by atoms with E-state index in [9.17, 15) is 14.4 Å². The first-order valence-electron chi connectivity index (χ1n) is 7.33. The molecule has 24 heavy (non-hydrogen) atoms. The summed E-state index contributed by atoms with van der Waals surface area (Å²) in [5.41, 5.74) is 6.38. The molecule has 2 N–H and O–H groups in total. The summed E-state index contributed by atoms with van der Waals surface area (Å²) >= 11 is 0. The lowest BCUT2D eigenvalue weighted by Crippen LogP contribution is -2.37. The van der Waals surface area contributed by atoms with Gasteiger partial charge < -0.3 is 15.4 Å². The molecule has 0 aliphatic carbocycles. The van der Waals surface area contributed by atoms with Gasteiger partial charge in [-0.3, -0.25) is 9.59 Å². The topological polar surface area (TPSA) is 89.7 Å². The number of ether oxygens (including phenoxy) is 1. The zero-order valence-electron chi connectivity index (χ0n) is 13.4. The highest BCUT2D eigenvalue weighted by Crippen LogP contribution is 2.14. The van der Waals surface area contributed by atoms with Gasteiger partial charge in [0.25, 0.3) is 5.91 Å². The summed E-state index contributed by atoms with van der Waals surface area (Å²) in [5, 5.41) is 0. The number of rotatable bonds is 5. The van der Waals surface area contributed by atoms with E-state index in [1.54, 1.807) is 19.2 Å². The van der Waals surface area contributed by atoms with E-state index in [1.165, 1.54) is 36.1 Å². The maximum atomic E-state index is 12.3. The van der Waals surface area contributed by atoms with Crippen LogP contribution in [0.25, 0.3) is 0 Å². The Kier molecular flexibility index (Phi) is 5.31. The highest BCUT2D eigenvalue weighted by atomic mass is 16.5. The fraction of sp³-hybridized carbons (Fsp3) is 0.167. The van der Waals surface area contributed by atoms with Crippen molar-refractivity contribution < 1.29 is 19.1 Å². The molecule has 0 bridgehead atoms. The molecule has 0 aliphatic rings. The highest BCUT2D eigenvalue weighted by Gasteiger charge is 2.23. The lowest BCUT2D eigenvalue weighted by atomic mass is 10.1. The van der Waals surface area contributed by atoms with Crippen molar-refractivity contribution in [3.63, 3.8) is 0 Å². The minimum absolute atomic E-state index is 0.238. The smallest absolute Gasteiger partial charge is 0.338 e. The zero-order chi connectivity index (χ0) is 17.7. The number of esters is 1. The Balaban J connectivity index is 2.02. The molecule has 0 saturated heterocycles. The van der Waals surface area contributed by atoms with E-state index in [1.807, 2.05) is 18.2 Å². The van der Waals surface area contributed by atoms with Gasteiger partial charge in [0.15, 0.2) is 6.10 Å². The second-order valence-electron chi connectivity index (χ2n) is 5.22. The largest absolute Gasteiger partial charge is 0.449 e. The van der Waals surface area contributed by atoms with Gasteiger partial charge in [-0.15, -0.1) is 0 Å². The predicted molar refractivity (Wildman–Crippen MR) is 89.7 cm³/mol. The van der Waals surface area contributed by atoms with Crippen LogP contribution in [-0.2, 0) is 9.53 Å². The molecular weight excluding hydrogens is 308 g/mol. The molecule has 2 rings (SSSR count). The van der Waals surface area contributed by atoms with E-state index in [2.05, 4.69) is 0 Å². The van der Waals surface area contributed by atoms with Gasteiger partial charge in [-0.2, -0.15) is 0 Å². The molecule has 0 saturated carbocycles. The van der Waals surface area contributed by atoms with Crippen molar-refractivity contribution in [3.8, 4) is 0 Å². The Morgan fingerprint density at radius 2 is 1.50 bits per heavy atom. The SMILES string of the molecule is CC(OC(=O)c1ccc(C(N)=O)cc1)C(=O)N(C)c1ccccc1. The summed E-state index contributed by atoms with van der Waals surface area (Å²) in [7, 11) is 1.61. The summed E-state index contributed by atoms with van der Waals surface area (Å²) in [4.78, 5) is 36.9. The third kappa shape index (κ3) is 3.98. The van der Waals surface area contributed by atoms with Crippen molar-refractivity contribution in [2.45, 2.75) is 13.0 Å². The second-order valence-corrected chi connectivity index (χ2v) is 5.22. The van der Waals surface area contributed by atoms with Crippen LogP contribution in [0.3, 0.4) is 0 Å². The normalized spacial score (nSPS) is 11.4. The Hall–Kier alpha value is -3.15. The Morgan fingerprint density at radius 3 is 2.04 bits per heavy atom. The van der Waals surface area contributed by atoms with Crippen molar-refractivity contribution in [1.82, 2.24) is 0 Å². The molecule has 0 fully saturated rings. The predicted octanol–water partition coefficient (Wildman–Crippen LogP) is 1.99.